The fraction of sp³-hybridized carbons (Fsp3) is 0.212. The van der Waals surface area contributed by atoms with Gasteiger partial charge in [0.15, 0.2) is 0 Å². The lowest BCUT2D eigenvalue weighted by atomic mass is 10.1. The van der Waals surface area contributed by atoms with E-state index < -0.39 is 10.8 Å². The molecule has 0 fully saturated rings. The number of benzene rings is 4. The van der Waals surface area contributed by atoms with E-state index in [0.717, 1.165) is 25.2 Å². The smallest absolute Gasteiger partial charge is 0.259 e. The molecule has 8 heteroatoms. The first-order valence-corrected chi connectivity index (χ1v) is 14.8. The number of aryl methyl sites for hydroxylation is 1. The highest BCUT2D eigenvalue weighted by molar-refractivity contribution is 7.85. The molecule has 1 atom stereocenters. The van der Waals surface area contributed by atoms with E-state index >= 15 is 0 Å². The summed E-state index contributed by atoms with van der Waals surface area (Å²) in [7, 11) is -1.62. The van der Waals surface area contributed by atoms with Gasteiger partial charge in [-0.05, 0) is 86.0 Å². The van der Waals surface area contributed by atoms with E-state index in [1.807, 2.05) is 6.07 Å². The summed E-state index contributed by atoms with van der Waals surface area (Å²) in [4.78, 5) is 31.6. The fourth-order valence-corrected chi connectivity index (χ4v) is 6.35. The molecule has 0 aromatic heterocycles. The van der Waals surface area contributed by atoms with Gasteiger partial charge in [-0.1, -0.05) is 36.4 Å². The highest BCUT2D eigenvalue weighted by atomic mass is 32.2. The predicted octanol–water partition coefficient (Wildman–Crippen LogP) is 6.11. The maximum atomic E-state index is 13.8. The molecular weight excluding hydrogens is 537 g/mol. The average Bonchev–Trinajstić information content (AvgIpc) is 3.07. The lowest BCUT2D eigenvalue weighted by Gasteiger charge is -2.24. The number of hydrogen-bond donors (Lipinski definition) is 1. The summed E-state index contributed by atoms with van der Waals surface area (Å²) in [5.74, 6) is -0.971. The average molecular weight is 570 g/mol. The van der Waals surface area contributed by atoms with Gasteiger partial charge in [-0.25, -0.2) is 8.60 Å². The molecule has 0 spiro atoms. The van der Waals surface area contributed by atoms with Crippen LogP contribution in [0.4, 0.5) is 15.8 Å². The molecule has 0 bridgehead atoms. The molecule has 210 valence electrons. The first-order valence-electron chi connectivity index (χ1n) is 13.7. The molecule has 1 heterocycles. The Labute approximate surface area is 242 Å². The largest absolute Gasteiger partial charge is 0.372 e. The van der Waals surface area contributed by atoms with Crippen molar-refractivity contribution in [2.45, 2.75) is 36.6 Å². The predicted molar refractivity (Wildman–Crippen MR) is 160 cm³/mol. The summed E-state index contributed by atoms with van der Waals surface area (Å²) in [6, 6.07) is 26.0. The Balaban J connectivity index is 1.36. The summed E-state index contributed by atoms with van der Waals surface area (Å²) < 4.78 is 27.2. The van der Waals surface area contributed by atoms with Crippen LogP contribution in [0.15, 0.2) is 101 Å². The van der Waals surface area contributed by atoms with Gasteiger partial charge >= 0.3 is 0 Å². The maximum absolute atomic E-state index is 13.8. The van der Waals surface area contributed by atoms with Crippen LogP contribution in [0.25, 0.3) is 0 Å². The number of anilines is 2. The minimum absolute atomic E-state index is 0.133. The zero-order valence-corrected chi connectivity index (χ0v) is 23.9. The molecule has 6 nitrogen and oxygen atoms in total. The Morgan fingerprint density at radius 2 is 1.73 bits per heavy atom. The first kappa shape index (κ1) is 28.2. The van der Waals surface area contributed by atoms with Crippen molar-refractivity contribution in [3.8, 4) is 0 Å². The topological polar surface area (TPSA) is 69.7 Å². The Morgan fingerprint density at radius 3 is 2.49 bits per heavy atom. The van der Waals surface area contributed by atoms with Crippen LogP contribution in [0, 0.1) is 12.7 Å². The molecule has 2 amide bonds. The lowest BCUT2D eigenvalue weighted by Crippen LogP contribution is -2.31. The minimum Gasteiger partial charge on any atom is -0.372 e. The zero-order chi connectivity index (χ0) is 28.9. The van der Waals surface area contributed by atoms with Crippen molar-refractivity contribution >= 4 is 34.0 Å². The molecule has 4 aromatic rings. The fourth-order valence-electron chi connectivity index (χ4n) is 5.00. The first-order chi connectivity index (χ1) is 19.9. The van der Waals surface area contributed by atoms with E-state index in [-0.39, 0.29) is 24.2 Å². The van der Waals surface area contributed by atoms with Gasteiger partial charge in [0.25, 0.3) is 11.8 Å². The van der Waals surface area contributed by atoms with Gasteiger partial charge in [0, 0.05) is 30.9 Å². The second-order valence-electron chi connectivity index (χ2n) is 9.99. The van der Waals surface area contributed by atoms with Crippen LogP contribution in [-0.4, -0.2) is 35.7 Å². The van der Waals surface area contributed by atoms with Crippen molar-refractivity contribution in [2.24, 2.45) is 0 Å². The number of amides is 2. The zero-order valence-electron chi connectivity index (χ0n) is 23.1. The van der Waals surface area contributed by atoms with Gasteiger partial charge in [0.2, 0.25) is 0 Å². The lowest BCUT2D eigenvalue weighted by molar-refractivity contribution is 0.0949. The number of carbonyl (C=O) groups is 2. The number of carbonyl (C=O) groups excluding carboxylic acids is 2. The van der Waals surface area contributed by atoms with Gasteiger partial charge < -0.3 is 15.1 Å². The van der Waals surface area contributed by atoms with E-state index in [9.17, 15) is 18.2 Å². The molecule has 41 heavy (non-hydrogen) atoms. The third-order valence-corrected chi connectivity index (χ3v) is 8.67. The number of rotatable bonds is 9. The van der Waals surface area contributed by atoms with E-state index in [2.05, 4.69) is 42.3 Å². The van der Waals surface area contributed by atoms with Crippen LogP contribution in [0.3, 0.4) is 0 Å². The minimum atomic E-state index is -1.62. The number of fused-ring (bicyclic) bond motifs is 2. The van der Waals surface area contributed by atoms with Crippen molar-refractivity contribution in [1.82, 2.24) is 5.32 Å². The Bertz CT molecular complexity index is 1610. The van der Waals surface area contributed by atoms with Gasteiger partial charge in [0.1, 0.15) is 5.82 Å². The molecule has 0 aliphatic carbocycles. The molecule has 0 saturated heterocycles. The van der Waals surface area contributed by atoms with Crippen LogP contribution >= 0.6 is 0 Å². The number of nitrogens with one attached hydrogen (secondary N) is 1. The highest BCUT2D eigenvalue weighted by Gasteiger charge is 2.31. The maximum Gasteiger partial charge on any atom is 0.259 e. The van der Waals surface area contributed by atoms with E-state index in [0.29, 0.717) is 38.7 Å². The summed E-state index contributed by atoms with van der Waals surface area (Å²) in [5.41, 5.74) is 4.18. The summed E-state index contributed by atoms with van der Waals surface area (Å²) in [5, 5.41) is 2.99. The molecule has 1 N–H and O–H groups in total. The Kier molecular flexibility index (Phi) is 8.59. The summed E-state index contributed by atoms with van der Waals surface area (Å²) in [6.45, 7) is 6.45. The van der Waals surface area contributed by atoms with Crippen LogP contribution in [0.1, 0.15) is 45.2 Å². The third kappa shape index (κ3) is 6.23. The summed E-state index contributed by atoms with van der Waals surface area (Å²) >= 11 is 0. The molecule has 1 aliphatic heterocycles. The number of halogens is 1. The van der Waals surface area contributed by atoms with Gasteiger partial charge in [-0.15, -0.1) is 0 Å². The SMILES string of the molecule is CCN(CCCNC(=O)c1ccc2c(c1)N(Cc1ccc(F)cc1)C(=O)c1ccccc1S2=O)c1cccc(C)c1. The van der Waals surface area contributed by atoms with Crippen LogP contribution in [0.5, 0.6) is 0 Å². The second-order valence-corrected chi connectivity index (χ2v) is 11.4. The van der Waals surface area contributed by atoms with Crippen molar-refractivity contribution in [2.75, 3.05) is 29.4 Å². The monoisotopic (exact) mass is 569 g/mol. The molecule has 4 aromatic carbocycles. The highest BCUT2D eigenvalue weighted by Crippen LogP contribution is 2.36. The Hall–Kier alpha value is -4.30. The number of hydrogen-bond acceptors (Lipinski definition) is 4. The third-order valence-electron chi connectivity index (χ3n) is 7.17. The van der Waals surface area contributed by atoms with Gasteiger partial charge in [-0.3, -0.25) is 9.59 Å². The van der Waals surface area contributed by atoms with Crippen LogP contribution in [0.2, 0.25) is 0 Å². The molecule has 5 rings (SSSR count). The molecular formula is C33H32FN3O3S. The second kappa shape index (κ2) is 12.5. The van der Waals surface area contributed by atoms with Crippen molar-refractivity contribution in [1.29, 1.82) is 0 Å². The number of nitrogens with zero attached hydrogens (tertiary/aromatic N) is 2. The van der Waals surface area contributed by atoms with Crippen molar-refractivity contribution in [3.05, 3.63) is 119 Å². The Morgan fingerprint density at radius 1 is 0.951 bits per heavy atom. The standard InChI is InChI=1S/C33H32FN3O3S/c1-3-36(27-9-6-8-23(2)20-27)19-7-18-35-32(38)25-14-17-31-29(21-25)37(22-24-12-15-26(34)16-13-24)33(39)28-10-4-5-11-30(28)41(31)40/h4-6,8-17,20-21H,3,7,18-19,22H2,1-2H3,(H,35,38). The van der Waals surface area contributed by atoms with E-state index in [4.69, 9.17) is 0 Å². The van der Waals surface area contributed by atoms with Gasteiger partial charge in [-0.2, -0.15) is 0 Å². The van der Waals surface area contributed by atoms with Crippen LogP contribution in [-0.2, 0) is 17.3 Å². The quantitative estimate of drug-likeness (QED) is 0.247. The van der Waals surface area contributed by atoms with Gasteiger partial charge in [0.05, 0.1) is 38.4 Å². The molecule has 1 aliphatic rings. The van der Waals surface area contributed by atoms with E-state index in [1.165, 1.54) is 22.6 Å². The normalized spacial score (nSPS) is 14.2. The molecule has 0 saturated carbocycles. The molecule has 0 radical (unpaired) electrons. The molecule has 1 unspecified atom stereocenters. The van der Waals surface area contributed by atoms with E-state index in [1.54, 1.807) is 54.6 Å². The van der Waals surface area contributed by atoms with Crippen LogP contribution < -0.4 is 15.1 Å². The van der Waals surface area contributed by atoms with Crippen molar-refractivity contribution in [3.63, 3.8) is 0 Å². The summed E-state index contributed by atoms with van der Waals surface area (Å²) in [6.07, 6.45) is 0.757. The van der Waals surface area contributed by atoms with Crippen molar-refractivity contribution < 1.29 is 18.2 Å².